The Morgan fingerprint density at radius 1 is 1.21 bits per heavy atom. The molecule has 1 heterocycles. The van der Waals surface area contributed by atoms with Gasteiger partial charge in [-0.1, -0.05) is 18.2 Å². The molecule has 3 N–H and O–H groups in total. The smallest absolute Gasteiger partial charge is 0.409 e. The SMILES string of the molecule is CCOC(=O)N1CCC(NC(N)=NCc2ccc3cc(OC)ccc3c2)CC1. The van der Waals surface area contributed by atoms with Gasteiger partial charge in [-0.05, 0) is 54.3 Å². The number of rotatable bonds is 5. The summed E-state index contributed by atoms with van der Waals surface area (Å²) in [5.41, 5.74) is 7.16. The summed E-state index contributed by atoms with van der Waals surface area (Å²) in [6, 6.07) is 12.5. The highest BCUT2D eigenvalue weighted by atomic mass is 16.6. The Bertz CT molecular complexity index is 845. The molecule has 0 spiro atoms. The van der Waals surface area contributed by atoms with Crippen molar-refractivity contribution in [2.45, 2.75) is 32.4 Å². The van der Waals surface area contributed by atoms with E-state index >= 15 is 0 Å². The maximum absolute atomic E-state index is 11.7. The molecule has 1 amide bonds. The minimum Gasteiger partial charge on any atom is -0.497 e. The average molecular weight is 384 g/mol. The summed E-state index contributed by atoms with van der Waals surface area (Å²) in [4.78, 5) is 17.9. The number of hydrogen-bond acceptors (Lipinski definition) is 4. The standard InChI is InChI=1S/C21H28N4O3/c1-3-28-21(26)25-10-8-18(9-11-25)24-20(22)23-14-15-4-5-17-13-19(27-2)7-6-16(17)12-15/h4-7,12-13,18H,3,8-11,14H2,1-2H3,(H3,22,23,24). The third-order valence-corrected chi connectivity index (χ3v) is 4.92. The summed E-state index contributed by atoms with van der Waals surface area (Å²) in [5.74, 6) is 1.28. The van der Waals surface area contributed by atoms with Gasteiger partial charge < -0.3 is 25.4 Å². The molecule has 28 heavy (non-hydrogen) atoms. The number of nitrogens with two attached hydrogens (primary N) is 1. The van der Waals surface area contributed by atoms with E-state index in [4.69, 9.17) is 15.2 Å². The van der Waals surface area contributed by atoms with Gasteiger partial charge in [0.1, 0.15) is 5.75 Å². The number of amides is 1. The molecule has 2 aromatic carbocycles. The normalized spacial score (nSPS) is 15.5. The first-order valence-electron chi connectivity index (χ1n) is 9.64. The fraction of sp³-hybridized carbons (Fsp3) is 0.429. The first-order chi connectivity index (χ1) is 13.6. The lowest BCUT2D eigenvalue weighted by Gasteiger charge is -2.31. The number of carbonyl (C=O) groups is 1. The molecular formula is C21H28N4O3. The molecule has 7 heteroatoms. The number of ether oxygens (including phenoxy) is 2. The highest BCUT2D eigenvalue weighted by Gasteiger charge is 2.23. The van der Waals surface area contributed by atoms with E-state index in [1.54, 1.807) is 12.0 Å². The number of piperidine rings is 1. The van der Waals surface area contributed by atoms with Crippen molar-refractivity contribution >= 4 is 22.8 Å². The predicted octanol–water partition coefficient (Wildman–Crippen LogP) is 2.87. The maximum atomic E-state index is 11.7. The maximum Gasteiger partial charge on any atom is 0.409 e. The van der Waals surface area contributed by atoms with Crippen molar-refractivity contribution in [1.29, 1.82) is 0 Å². The van der Waals surface area contributed by atoms with E-state index in [2.05, 4.69) is 28.5 Å². The summed E-state index contributed by atoms with van der Waals surface area (Å²) in [5, 5.41) is 5.54. The van der Waals surface area contributed by atoms with E-state index < -0.39 is 0 Å². The number of nitrogens with zero attached hydrogens (tertiary/aromatic N) is 2. The summed E-state index contributed by atoms with van der Waals surface area (Å²) in [6.45, 7) is 4.06. The summed E-state index contributed by atoms with van der Waals surface area (Å²) >= 11 is 0. The number of guanidine groups is 1. The van der Waals surface area contributed by atoms with Crippen LogP contribution in [-0.2, 0) is 11.3 Å². The minimum atomic E-state index is -0.239. The van der Waals surface area contributed by atoms with E-state index in [1.165, 1.54) is 0 Å². The molecule has 0 aliphatic carbocycles. The first kappa shape index (κ1) is 19.8. The quantitative estimate of drug-likeness (QED) is 0.611. The lowest BCUT2D eigenvalue weighted by atomic mass is 10.1. The van der Waals surface area contributed by atoms with Crippen LogP contribution in [0.5, 0.6) is 5.75 Å². The van der Waals surface area contributed by atoms with Gasteiger partial charge >= 0.3 is 6.09 Å². The molecule has 3 rings (SSSR count). The molecule has 1 aliphatic rings. The Balaban J connectivity index is 1.52. The van der Waals surface area contributed by atoms with Crippen LogP contribution in [0.3, 0.4) is 0 Å². The van der Waals surface area contributed by atoms with Crippen LogP contribution in [0.4, 0.5) is 4.79 Å². The van der Waals surface area contributed by atoms with Crippen LogP contribution in [-0.4, -0.2) is 49.8 Å². The van der Waals surface area contributed by atoms with Gasteiger partial charge in [0, 0.05) is 19.1 Å². The molecule has 0 unspecified atom stereocenters. The third kappa shape index (κ3) is 5.06. The second-order valence-electron chi connectivity index (χ2n) is 6.85. The highest BCUT2D eigenvalue weighted by molar-refractivity contribution is 5.84. The topological polar surface area (TPSA) is 89.2 Å². The Labute approximate surface area is 165 Å². The monoisotopic (exact) mass is 384 g/mol. The number of aliphatic imine (C=N–C) groups is 1. The summed E-state index contributed by atoms with van der Waals surface area (Å²) in [7, 11) is 1.67. The van der Waals surface area contributed by atoms with Crippen molar-refractivity contribution in [2.75, 3.05) is 26.8 Å². The molecule has 1 fully saturated rings. The lowest BCUT2D eigenvalue weighted by Crippen LogP contribution is -2.48. The molecule has 1 saturated heterocycles. The summed E-state index contributed by atoms with van der Waals surface area (Å²) < 4.78 is 10.3. The predicted molar refractivity (Wildman–Crippen MR) is 111 cm³/mol. The van der Waals surface area contributed by atoms with Crippen molar-refractivity contribution in [1.82, 2.24) is 10.2 Å². The lowest BCUT2D eigenvalue weighted by molar-refractivity contribution is 0.0963. The molecule has 2 aromatic rings. The highest BCUT2D eigenvalue weighted by Crippen LogP contribution is 2.22. The van der Waals surface area contributed by atoms with Crippen molar-refractivity contribution in [2.24, 2.45) is 10.7 Å². The van der Waals surface area contributed by atoms with Gasteiger partial charge in [0.15, 0.2) is 5.96 Å². The zero-order valence-electron chi connectivity index (χ0n) is 16.5. The Kier molecular flexibility index (Phi) is 6.57. The van der Waals surface area contributed by atoms with E-state index in [9.17, 15) is 4.79 Å². The number of likely N-dealkylation sites (tertiary alicyclic amines) is 1. The van der Waals surface area contributed by atoms with Crippen molar-refractivity contribution in [3.05, 3.63) is 42.0 Å². The van der Waals surface area contributed by atoms with Gasteiger partial charge in [-0.15, -0.1) is 0 Å². The number of benzene rings is 2. The Morgan fingerprint density at radius 3 is 2.64 bits per heavy atom. The molecule has 1 aliphatic heterocycles. The van der Waals surface area contributed by atoms with Crippen molar-refractivity contribution < 1.29 is 14.3 Å². The van der Waals surface area contributed by atoms with Crippen LogP contribution >= 0.6 is 0 Å². The third-order valence-electron chi connectivity index (χ3n) is 4.92. The minimum absolute atomic E-state index is 0.221. The first-order valence-corrected chi connectivity index (χ1v) is 9.64. The zero-order valence-corrected chi connectivity index (χ0v) is 16.5. The van der Waals surface area contributed by atoms with E-state index in [0.717, 1.165) is 34.9 Å². The molecular weight excluding hydrogens is 356 g/mol. The molecule has 0 radical (unpaired) electrons. The molecule has 0 saturated carbocycles. The van der Waals surface area contributed by atoms with Gasteiger partial charge in [0.2, 0.25) is 0 Å². The van der Waals surface area contributed by atoms with Crippen molar-refractivity contribution in [3.8, 4) is 5.75 Å². The number of nitrogens with one attached hydrogen (secondary N) is 1. The average Bonchev–Trinajstić information content (AvgIpc) is 2.72. The Hall–Kier alpha value is -2.96. The van der Waals surface area contributed by atoms with Crippen LogP contribution in [0.1, 0.15) is 25.3 Å². The van der Waals surface area contributed by atoms with E-state index in [0.29, 0.717) is 32.2 Å². The van der Waals surface area contributed by atoms with Crippen molar-refractivity contribution in [3.63, 3.8) is 0 Å². The summed E-state index contributed by atoms with van der Waals surface area (Å²) in [6.07, 6.45) is 1.41. The number of fused-ring (bicyclic) bond motifs is 1. The fourth-order valence-electron chi connectivity index (χ4n) is 3.35. The van der Waals surface area contributed by atoms with Crippen LogP contribution in [0.2, 0.25) is 0 Å². The van der Waals surface area contributed by atoms with E-state index in [-0.39, 0.29) is 12.1 Å². The van der Waals surface area contributed by atoms with Crippen LogP contribution in [0, 0.1) is 0 Å². The molecule has 0 bridgehead atoms. The second-order valence-corrected chi connectivity index (χ2v) is 6.85. The second kappa shape index (κ2) is 9.30. The molecule has 0 atom stereocenters. The molecule has 150 valence electrons. The van der Waals surface area contributed by atoms with Gasteiger partial charge in [-0.25, -0.2) is 9.79 Å². The number of methoxy groups -OCH3 is 1. The van der Waals surface area contributed by atoms with Crippen LogP contribution in [0.25, 0.3) is 10.8 Å². The number of hydrogen-bond donors (Lipinski definition) is 2. The van der Waals surface area contributed by atoms with Crippen LogP contribution in [0.15, 0.2) is 41.4 Å². The van der Waals surface area contributed by atoms with Gasteiger partial charge in [0.05, 0.1) is 20.3 Å². The number of carbonyl (C=O) groups excluding carboxylic acids is 1. The molecule has 0 aromatic heterocycles. The van der Waals surface area contributed by atoms with Gasteiger partial charge in [-0.3, -0.25) is 0 Å². The largest absolute Gasteiger partial charge is 0.497 e. The fourth-order valence-corrected chi connectivity index (χ4v) is 3.35. The van der Waals surface area contributed by atoms with Gasteiger partial charge in [-0.2, -0.15) is 0 Å². The van der Waals surface area contributed by atoms with E-state index in [1.807, 2.05) is 25.1 Å². The molecule has 7 nitrogen and oxygen atoms in total. The zero-order chi connectivity index (χ0) is 19.9. The van der Waals surface area contributed by atoms with Crippen LogP contribution < -0.4 is 15.8 Å². The van der Waals surface area contributed by atoms with Gasteiger partial charge in [0.25, 0.3) is 0 Å². The Morgan fingerprint density at radius 2 is 1.93 bits per heavy atom.